The van der Waals surface area contributed by atoms with Gasteiger partial charge >= 0.3 is 0 Å². The molecule has 112 valence electrons. The molecule has 1 saturated heterocycles. The Labute approximate surface area is 125 Å². The molecule has 0 unspecified atom stereocenters. The summed E-state index contributed by atoms with van der Waals surface area (Å²) in [7, 11) is 3.43. The summed E-state index contributed by atoms with van der Waals surface area (Å²) in [6.45, 7) is 2.36. The van der Waals surface area contributed by atoms with Gasteiger partial charge in [0.1, 0.15) is 5.69 Å². The normalized spacial score (nSPS) is 16.2. The molecule has 6 heteroatoms. The maximum absolute atomic E-state index is 11.9. The zero-order valence-corrected chi connectivity index (χ0v) is 12.5. The number of carbonyl (C=O) groups is 1. The Morgan fingerprint density at radius 1 is 1.52 bits per heavy atom. The lowest BCUT2D eigenvalue weighted by Crippen LogP contribution is -2.39. The molecule has 0 saturated carbocycles. The third kappa shape index (κ3) is 4.17. The molecule has 0 radical (unpaired) electrons. The number of rotatable bonds is 4. The van der Waals surface area contributed by atoms with Gasteiger partial charge in [-0.15, -0.1) is 0 Å². The number of carbonyl (C=O) groups excluding carboxylic acids is 1. The number of likely N-dealkylation sites (tertiary alicyclic amines) is 1. The minimum absolute atomic E-state index is 0.0949. The fourth-order valence-electron chi connectivity index (χ4n) is 2.44. The van der Waals surface area contributed by atoms with Gasteiger partial charge in [0.05, 0.1) is 12.6 Å². The van der Waals surface area contributed by atoms with Crippen LogP contribution in [0.15, 0.2) is 18.3 Å². The van der Waals surface area contributed by atoms with Gasteiger partial charge in [-0.1, -0.05) is 0 Å². The molecule has 1 aromatic rings. The highest BCUT2D eigenvalue weighted by atomic mass is 16.2. The van der Waals surface area contributed by atoms with Gasteiger partial charge < -0.3 is 10.2 Å². The average molecular weight is 287 g/mol. The van der Waals surface area contributed by atoms with Crippen molar-refractivity contribution in [2.75, 3.05) is 39.0 Å². The molecule has 1 aliphatic rings. The summed E-state index contributed by atoms with van der Waals surface area (Å²) >= 11 is 0. The largest absolute Gasteiger partial charge is 0.382 e. The minimum atomic E-state index is -0.0949. The standard InChI is InChI=1S/C15H21N5O/c1-19(2)15(21)14-11-13(3-7-17-14)18-12-4-8-20(9-5-12)10-6-16/h3,7,11-12H,4-5,8-10H2,1-2H3,(H,17,18). The number of amides is 1. The highest BCUT2D eigenvalue weighted by Gasteiger charge is 2.19. The van der Waals surface area contributed by atoms with E-state index in [2.05, 4.69) is 21.3 Å². The van der Waals surface area contributed by atoms with E-state index in [1.165, 1.54) is 4.90 Å². The first-order chi connectivity index (χ1) is 10.1. The molecule has 1 aromatic heterocycles. The van der Waals surface area contributed by atoms with Gasteiger partial charge in [-0.2, -0.15) is 5.26 Å². The summed E-state index contributed by atoms with van der Waals surface area (Å²) in [6, 6.07) is 6.25. The van der Waals surface area contributed by atoms with Crippen LogP contribution in [0.3, 0.4) is 0 Å². The number of nitriles is 1. The van der Waals surface area contributed by atoms with Gasteiger partial charge in [-0.25, -0.2) is 0 Å². The van der Waals surface area contributed by atoms with Crippen molar-refractivity contribution < 1.29 is 4.79 Å². The van der Waals surface area contributed by atoms with Crippen LogP contribution in [0.25, 0.3) is 0 Å². The smallest absolute Gasteiger partial charge is 0.272 e. The Morgan fingerprint density at radius 3 is 2.86 bits per heavy atom. The number of hydrogen-bond acceptors (Lipinski definition) is 5. The van der Waals surface area contributed by atoms with Crippen molar-refractivity contribution in [1.29, 1.82) is 5.26 Å². The SMILES string of the molecule is CN(C)C(=O)c1cc(NC2CCN(CC#N)CC2)ccn1. The van der Waals surface area contributed by atoms with E-state index in [1.807, 2.05) is 6.07 Å². The lowest BCUT2D eigenvalue weighted by atomic mass is 10.0. The predicted octanol–water partition coefficient (Wildman–Crippen LogP) is 1.18. The molecule has 2 heterocycles. The van der Waals surface area contributed by atoms with Gasteiger partial charge in [0.15, 0.2) is 0 Å². The molecule has 1 amide bonds. The molecule has 6 nitrogen and oxygen atoms in total. The molecule has 0 spiro atoms. The van der Waals surface area contributed by atoms with Gasteiger partial charge in [-0.3, -0.25) is 14.7 Å². The molecule has 0 aromatic carbocycles. The van der Waals surface area contributed by atoms with Crippen LogP contribution in [-0.4, -0.2) is 60.5 Å². The first-order valence-electron chi connectivity index (χ1n) is 7.13. The zero-order chi connectivity index (χ0) is 15.2. The maximum Gasteiger partial charge on any atom is 0.272 e. The average Bonchev–Trinajstić information content (AvgIpc) is 2.49. The third-order valence-corrected chi connectivity index (χ3v) is 3.64. The van der Waals surface area contributed by atoms with E-state index in [1.54, 1.807) is 26.4 Å². The van der Waals surface area contributed by atoms with Gasteiger partial charge in [0.25, 0.3) is 5.91 Å². The number of aromatic nitrogens is 1. The molecule has 1 fully saturated rings. The molecule has 1 aliphatic heterocycles. The summed E-state index contributed by atoms with van der Waals surface area (Å²) in [4.78, 5) is 19.7. The molecular formula is C15H21N5O. The monoisotopic (exact) mass is 287 g/mol. The summed E-state index contributed by atoms with van der Waals surface area (Å²) in [5, 5.41) is 12.2. The van der Waals surface area contributed by atoms with E-state index in [9.17, 15) is 4.79 Å². The Bertz CT molecular complexity index is 529. The van der Waals surface area contributed by atoms with Crippen LogP contribution in [0, 0.1) is 11.3 Å². The Kier molecular flexibility index (Phi) is 5.12. The number of nitrogens with one attached hydrogen (secondary N) is 1. The molecule has 0 atom stereocenters. The summed E-state index contributed by atoms with van der Waals surface area (Å²) in [5.74, 6) is -0.0949. The molecule has 2 rings (SSSR count). The van der Waals surface area contributed by atoms with Crippen molar-refractivity contribution in [2.24, 2.45) is 0 Å². The molecule has 0 bridgehead atoms. The predicted molar refractivity (Wildman–Crippen MR) is 81.0 cm³/mol. The van der Waals surface area contributed by atoms with Crippen LogP contribution in [0.5, 0.6) is 0 Å². The van der Waals surface area contributed by atoms with Crippen LogP contribution in [0.2, 0.25) is 0 Å². The van der Waals surface area contributed by atoms with Crippen LogP contribution >= 0.6 is 0 Å². The third-order valence-electron chi connectivity index (χ3n) is 3.64. The number of hydrogen-bond donors (Lipinski definition) is 1. The van der Waals surface area contributed by atoms with Crippen molar-refractivity contribution in [3.63, 3.8) is 0 Å². The highest BCUT2D eigenvalue weighted by molar-refractivity contribution is 5.92. The Balaban J connectivity index is 1.94. The summed E-state index contributed by atoms with van der Waals surface area (Å²) < 4.78 is 0. The van der Waals surface area contributed by atoms with Crippen molar-refractivity contribution in [1.82, 2.24) is 14.8 Å². The summed E-state index contributed by atoms with van der Waals surface area (Å²) in [5.41, 5.74) is 1.38. The first-order valence-corrected chi connectivity index (χ1v) is 7.13. The second-order valence-electron chi connectivity index (χ2n) is 5.48. The lowest BCUT2D eigenvalue weighted by Gasteiger charge is -2.31. The van der Waals surface area contributed by atoms with Crippen molar-refractivity contribution in [3.8, 4) is 6.07 Å². The fraction of sp³-hybridized carbons (Fsp3) is 0.533. The van der Waals surface area contributed by atoms with Gasteiger partial charge in [-0.05, 0) is 25.0 Å². The van der Waals surface area contributed by atoms with E-state index in [-0.39, 0.29) is 5.91 Å². The molecule has 21 heavy (non-hydrogen) atoms. The van der Waals surface area contributed by atoms with Crippen LogP contribution < -0.4 is 5.32 Å². The van der Waals surface area contributed by atoms with Gasteiger partial charge in [0, 0.05) is 45.1 Å². The maximum atomic E-state index is 11.9. The topological polar surface area (TPSA) is 72.3 Å². The van der Waals surface area contributed by atoms with E-state index in [4.69, 9.17) is 5.26 Å². The first kappa shape index (κ1) is 15.3. The molecule has 1 N–H and O–H groups in total. The van der Waals surface area contributed by atoms with Crippen LogP contribution in [-0.2, 0) is 0 Å². The highest BCUT2D eigenvalue weighted by Crippen LogP contribution is 2.17. The fourth-order valence-corrected chi connectivity index (χ4v) is 2.44. The quantitative estimate of drug-likeness (QED) is 0.842. The summed E-state index contributed by atoms with van der Waals surface area (Å²) in [6.07, 6.45) is 3.66. The second kappa shape index (κ2) is 7.04. The Hall–Kier alpha value is -2.13. The molecular weight excluding hydrogens is 266 g/mol. The number of piperidine rings is 1. The van der Waals surface area contributed by atoms with Crippen LogP contribution in [0.4, 0.5) is 5.69 Å². The minimum Gasteiger partial charge on any atom is -0.382 e. The Morgan fingerprint density at radius 2 is 2.24 bits per heavy atom. The zero-order valence-electron chi connectivity index (χ0n) is 12.5. The van der Waals surface area contributed by atoms with E-state index < -0.39 is 0 Å². The van der Waals surface area contributed by atoms with Crippen molar-refractivity contribution in [2.45, 2.75) is 18.9 Å². The van der Waals surface area contributed by atoms with Gasteiger partial charge in [0.2, 0.25) is 0 Å². The molecule has 0 aliphatic carbocycles. The lowest BCUT2D eigenvalue weighted by molar-refractivity contribution is 0.0822. The number of nitrogens with zero attached hydrogens (tertiary/aromatic N) is 4. The van der Waals surface area contributed by atoms with Crippen molar-refractivity contribution >= 4 is 11.6 Å². The van der Waals surface area contributed by atoms with E-state index in [0.717, 1.165) is 31.6 Å². The second-order valence-corrected chi connectivity index (χ2v) is 5.48. The number of pyridine rings is 1. The van der Waals surface area contributed by atoms with Crippen molar-refractivity contribution in [3.05, 3.63) is 24.0 Å². The van der Waals surface area contributed by atoms with E-state index in [0.29, 0.717) is 18.3 Å². The van der Waals surface area contributed by atoms with E-state index >= 15 is 0 Å². The van der Waals surface area contributed by atoms with Crippen LogP contribution in [0.1, 0.15) is 23.3 Å². The number of anilines is 1.